The standard InChI is InChI=1S/C16H17ClN2O6/c17-11-2-1-3-12(8-11)23-10-14(20)19-6-4-16(5-7-19)9-13(18-25-16)24-15(21)22/h1-3,8H,4-7,9-10H2,(H,21,22). The molecule has 1 amide bonds. The van der Waals surface area contributed by atoms with Crippen LogP contribution in [0.25, 0.3) is 0 Å². The van der Waals surface area contributed by atoms with Crippen molar-refractivity contribution in [3.05, 3.63) is 29.3 Å². The Morgan fingerprint density at radius 1 is 1.36 bits per heavy atom. The lowest BCUT2D eigenvalue weighted by Crippen LogP contribution is -2.48. The maximum Gasteiger partial charge on any atom is 0.512 e. The van der Waals surface area contributed by atoms with Crippen LogP contribution in [-0.2, 0) is 14.4 Å². The highest BCUT2D eigenvalue weighted by molar-refractivity contribution is 6.30. The zero-order valence-electron chi connectivity index (χ0n) is 13.3. The molecule has 134 valence electrons. The van der Waals surface area contributed by atoms with Gasteiger partial charge in [-0.05, 0) is 18.2 Å². The Morgan fingerprint density at radius 2 is 2.12 bits per heavy atom. The Morgan fingerprint density at radius 3 is 2.80 bits per heavy atom. The van der Waals surface area contributed by atoms with E-state index in [-0.39, 0.29) is 18.4 Å². The van der Waals surface area contributed by atoms with Crippen molar-refractivity contribution in [3.8, 4) is 5.75 Å². The normalized spacial score (nSPS) is 18.4. The first kappa shape index (κ1) is 17.3. The lowest BCUT2D eigenvalue weighted by Gasteiger charge is -2.36. The first-order valence-corrected chi connectivity index (χ1v) is 8.16. The first-order valence-electron chi connectivity index (χ1n) is 7.78. The summed E-state index contributed by atoms with van der Waals surface area (Å²) >= 11 is 5.87. The van der Waals surface area contributed by atoms with Crippen LogP contribution in [0.5, 0.6) is 5.75 Å². The third-order valence-corrected chi connectivity index (χ3v) is 4.44. The highest BCUT2D eigenvalue weighted by Crippen LogP contribution is 2.35. The molecular weight excluding hydrogens is 352 g/mol. The van der Waals surface area contributed by atoms with Gasteiger partial charge in [0.2, 0.25) is 5.90 Å². The van der Waals surface area contributed by atoms with Crippen LogP contribution in [0.3, 0.4) is 0 Å². The van der Waals surface area contributed by atoms with Gasteiger partial charge in [-0.15, -0.1) is 0 Å². The molecule has 0 radical (unpaired) electrons. The quantitative estimate of drug-likeness (QED) is 0.823. The van der Waals surface area contributed by atoms with Gasteiger partial charge in [0.1, 0.15) is 11.4 Å². The topological polar surface area (TPSA) is 97.7 Å². The molecule has 1 fully saturated rings. The Hall–Kier alpha value is -2.48. The highest BCUT2D eigenvalue weighted by Gasteiger charge is 2.44. The van der Waals surface area contributed by atoms with Crippen molar-refractivity contribution in [2.45, 2.75) is 24.9 Å². The predicted molar refractivity (Wildman–Crippen MR) is 87.7 cm³/mol. The molecule has 8 nitrogen and oxygen atoms in total. The minimum atomic E-state index is -1.41. The van der Waals surface area contributed by atoms with Gasteiger partial charge in [0.25, 0.3) is 5.91 Å². The molecular formula is C16H17ClN2O6. The number of carboxylic acid groups (broad SMARTS) is 1. The van der Waals surface area contributed by atoms with E-state index in [1.807, 2.05) is 0 Å². The molecule has 2 aliphatic heterocycles. The summed E-state index contributed by atoms with van der Waals surface area (Å²) in [4.78, 5) is 29.9. The van der Waals surface area contributed by atoms with Gasteiger partial charge in [-0.3, -0.25) is 4.79 Å². The monoisotopic (exact) mass is 368 g/mol. The number of carbonyl (C=O) groups is 2. The second-order valence-corrected chi connectivity index (χ2v) is 6.37. The summed E-state index contributed by atoms with van der Waals surface area (Å²) in [5, 5.41) is 12.8. The first-order chi connectivity index (χ1) is 12.0. The van der Waals surface area contributed by atoms with Gasteiger partial charge < -0.3 is 24.3 Å². The summed E-state index contributed by atoms with van der Waals surface area (Å²) in [5.74, 6) is 0.463. The number of piperidine rings is 1. The third-order valence-electron chi connectivity index (χ3n) is 4.21. The molecule has 25 heavy (non-hydrogen) atoms. The van der Waals surface area contributed by atoms with E-state index in [1.165, 1.54) is 0 Å². The minimum absolute atomic E-state index is 0.0524. The molecule has 2 aliphatic rings. The summed E-state index contributed by atoms with van der Waals surface area (Å²) in [6.45, 7) is 0.888. The molecule has 0 aliphatic carbocycles. The number of carbonyl (C=O) groups excluding carboxylic acids is 1. The van der Waals surface area contributed by atoms with Crippen LogP contribution in [0.15, 0.2) is 29.4 Å². The van der Waals surface area contributed by atoms with Gasteiger partial charge in [0, 0.05) is 31.0 Å². The number of likely N-dealkylation sites (tertiary alicyclic amines) is 1. The van der Waals surface area contributed by atoms with Crippen molar-refractivity contribution < 1.29 is 29.0 Å². The van der Waals surface area contributed by atoms with Crippen LogP contribution in [-0.4, -0.2) is 53.3 Å². The maximum atomic E-state index is 12.3. The maximum absolute atomic E-state index is 12.3. The number of benzene rings is 1. The third kappa shape index (κ3) is 4.33. The number of halogens is 1. The van der Waals surface area contributed by atoms with Crippen LogP contribution in [0.4, 0.5) is 4.79 Å². The molecule has 1 spiro atoms. The fourth-order valence-corrected chi connectivity index (χ4v) is 3.05. The van der Waals surface area contributed by atoms with Gasteiger partial charge in [-0.25, -0.2) is 4.79 Å². The highest BCUT2D eigenvalue weighted by atomic mass is 35.5. The van der Waals surface area contributed by atoms with E-state index in [0.29, 0.717) is 43.1 Å². The van der Waals surface area contributed by atoms with Crippen LogP contribution in [0.1, 0.15) is 19.3 Å². The molecule has 1 N–H and O–H groups in total. The molecule has 0 saturated carbocycles. The fourth-order valence-electron chi connectivity index (χ4n) is 2.87. The Labute approximate surface area is 148 Å². The van der Waals surface area contributed by atoms with Crippen molar-refractivity contribution in [1.29, 1.82) is 0 Å². The molecule has 1 aromatic rings. The Kier molecular flexibility index (Phi) is 4.98. The SMILES string of the molecule is O=C(O)OC1=NOC2(CCN(C(=O)COc3cccc(Cl)c3)CC2)C1. The van der Waals surface area contributed by atoms with E-state index in [9.17, 15) is 9.59 Å². The van der Waals surface area contributed by atoms with Crippen molar-refractivity contribution >= 4 is 29.6 Å². The summed E-state index contributed by atoms with van der Waals surface area (Å²) in [5.41, 5.74) is -0.588. The summed E-state index contributed by atoms with van der Waals surface area (Å²) in [6.07, 6.45) is -0.0249. The van der Waals surface area contributed by atoms with Gasteiger partial charge in [0.05, 0.1) is 6.42 Å². The van der Waals surface area contributed by atoms with Gasteiger partial charge in [0.15, 0.2) is 6.61 Å². The van der Waals surface area contributed by atoms with E-state index < -0.39 is 11.8 Å². The van der Waals surface area contributed by atoms with Gasteiger partial charge in [-0.2, -0.15) is 0 Å². The van der Waals surface area contributed by atoms with E-state index >= 15 is 0 Å². The smallest absolute Gasteiger partial charge is 0.484 e. The summed E-state index contributed by atoms with van der Waals surface area (Å²) < 4.78 is 10.0. The summed E-state index contributed by atoms with van der Waals surface area (Å²) in [7, 11) is 0. The van der Waals surface area contributed by atoms with Crippen LogP contribution in [0.2, 0.25) is 5.02 Å². The number of oxime groups is 1. The average molecular weight is 369 g/mol. The number of ether oxygens (including phenoxy) is 2. The Balaban J connectivity index is 1.46. The second kappa shape index (κ2) is 7.18. The van der Waals surface area contributed by atoms with E-state index in [4.69, 9.17) is 26.3 Å². The molecule has 1 saturated heterocycles. The molecule has 0 unspecified atom stereocenters. The predicted octanol–water partition coefficient (Wildman–Crippen LogP) is 2.51. The lowest BCUT2D eigenvalue weighted by molar-refractivity contribution is -0.139. The number of rotatable bonds is 3. The molecule has 0 bridgehead atoms. The number of hydrogen-bond acceptors (Lipinski definition) is 6. The van der Waals surface area contributed by atoms with Crippen LogP contribution >= 0.6 is 11.6 Å². The zero-order valence-corrected chi connectivity index (χ0v) is 14.1. The summed E-state index contributed by atoms with van der Waals surface area (Å²) in [6, 6.07) is 6.86. The van der Waals surface area contributed by atoms with E-state index in [0.717, 1.165) is 0 Å². The number of hydrogen-bond donors (Lipinski definition) is 1. The van der Waals surface area contributed by atoms with Gasteiger partial charge >= 0.3 is 6.16 Å². The van der Waals surface area contributed by atoms with Crippen LogP contribution < -0.4 is 4.74 Å². The fraction of sp³-hybridized carbons (Fsp3) is 0.438. The Bertz CT molecular complexity index is 700. The minimum Gasteiger partial charge on any atom is -0.484 e. The molecule has 1 aromatic carbocycles. The zero-order chi connectivity index (χ0) is 17.9. The lowest BCUT2D eigenvalue weighted by atomic mass is 9.88. The largest absolute Gasteiger partial charge is 0.512 e. The average Bonchev–Trinajstić information content (AvgIpc) is 2.95. The van der Waals surface area contributed by atoms with E-state index in [2.05, 4.69) is 9.89 Å². The van der Waals surface area contributed by atoms with Gasteiger partial charge in [-0.1, -0.05) is 22.8 Å². The van der Waals surface area contributed by atoms with E-state index in [1.54, 1.807) is 29.2 Å². The number of amides is 1. The molecule has 9 heteroatoms. The van der Waals surface area contributed by atoms with Crippen molar-refractivity contribution in [2.24, 2.45) is 5.16 Å². The van der Waals surface area contributed by atoms with Crippen molar-refractivity contribution in [1.82, 2.24) is 4.90 Å². The number of nitrogens with zero attached hydrogens (tertiary/aromatic N) is 2. The molecule has 0 aromatic heterocycles. The van der Waals surface area contributed by atoms with Crippen molar-refractivity contribution in [2.75, 3.05) is 19.7 Å². The van der Waals surface area contributed by atoms with Crippen LogP contribution in [0, 0.1) is 0 Å². The molecule has 0 atom stereocenters. The van der Waals surface area contributed by atoms with Crippen molar-refractivity contribution in [3.63, 3.8) is 0 Å². The second-order valence-electron chi connectivity index (χ2n) is 5.93. The molecule has 3 rings (SSSR count). The molecule has 2 heterocycles.